The monoisotopic (exact) mass is 351 g/mol. The van der Waals surface area contributed by atoms with Crippen LogP contribution in [0.25, 0.3) is 6.08 Å². The normalized spacial score (nSPS) is 20.1. The lowest BCUT2D eigenvalue weighted by atomic mass is 10.1. The number of allylic oxidation sites excluding steroid dienone is 1. The van der Waals surface area contributed by atoms with Crippen molar-refractivity contribution in [2.75, 3.05) is 6.61 Å². The Balaban J connectivity index is 1.59. The molecule has 0 aliphatic carbocycles. The van der Waals surface area contributed by atoms with E-state index < -0.39 is 12.1 Å². The van der Waals surface area contributed by atoms with Gasteiger partial charge in [0.15, 0.2) is 11.9 Å². The summed E-state index contributed by atoms with van der Waals surface area (Å²) in [7, 11) is 0. The molecule has 2 aliphatic rings. The van der Waals surface area contributed by atoms with Crippen LogP contribution in [0.4, 0.5) is 0 Å². The fraction of sp³-hybridized carbons (Fsp3) is 0.250. The van der Waals surface area contributed by atoms with Gasteiger partial charge in [0, 0.05) is 24.6 Å². The second kappa shape index (κ2) is 6.72. The van der Waals surface area contributed by atoms with Crippen molar-refractivity contribution < 1.29 is 23.8 Å². The van der Waals surface area contributed by atoms with Crippen molar-refractivity contribution in [3.05, 3.63) is 59.1 Å². The van der Waals surface area contributed by atoms with Crippen molar-refractivity contribution in [2.24, 2.45) is 0 Å². The number of Topliss-reactive ketones (excluding diaryl/α,β-unsaturated/α-hetero) is 1. The van der Waals surface area contributed by atoms with Crippen LogP contribution in [0.3, 0.4) is 0 Å². The maximum absolute atomic E-state index is 12.6. The van der Waals surface area contributed by atoms with Crippen LogP contribution in [0.1, 0.15) is 34.3 Å². The Hall–Kier alpha value is -2.99. The first-order valence-corrected chi connectivity index (χ1v) is 8.44. The summed E-state index contributed by atoms with van der Waals surface area (Å²) in [5, 5.41) is 0. The molecule has 0 saturated carbocycles. The lowest BCUT2D eigenvalue weighted by Crippen LogP contribution is -2.25. The van der Waals surface area contributed by atoms with E-state index in [0.717, 1.165) is 12.0 Å². The smallest absolute Gasteiger partial charge is 0.340 e. The number of nitrogens with zero attached hydrogens (tertiary/aromatic N) is 1. The molecule has 1 fully saturated rings. The van der Waals surface area contributed by atoms with Gasteiger partial charge in [0.25, 0.3) is 0 Å². The molecule has 6 nitrogen and oxygen atoms in total. The molecule has 4 rings (SSSR count). The lowest BCUT2D eigenvalue weighted by Gasteiger charge is -2.12. The van der Waals surface area contributed by atoms with Crippen molar-refractivity contribution in [2.45, 2.75) is 25.9 Å². The molecule has 6 heteroatoms. The minimum absolute atomic E-state index is 0.197. The SMILES string of the molecule is Cc1c(OC(=O)C2CCCO2)ccc2c1O/C(=C\c1ccncc1)C2=O. The van der Waals surface area contributed by atoms with Gasteiger partial charge in [-0.3, -0.25) is 9.78 Å². The number of benzene rings is 1. The molecule has 1 aromatic carbocycles. The van der Waals surface area contributed by atoms with Crippen molar-refractivity contribution in [3.8, 4) is 11.5 Å². The largest absolute Gasteiger partial charge is 0.452 e. The van der Waals surface area contributed by atoms with Gasteiger partial charge < -0.3 is 14.2 Å². The fourth-order valence-electron chi connectivity index (χ4n) is 3.03. The summed E-state index contributed by atoms with van der Waals surface area (Å²) in [5.41, 5.74) is 1.89. The van der Waals surface area contributed by atoms with Gasteiger partial charge in [0.2, 0.25) is 5.78 Å². The van der Waals surface area contributed by atoms with E-state index in [4.69, 9.17) is 14.2 Å². The van der Waals surface area contributed by atoms with Gasteiger partial charge in [-0.1, -0.05) is 0 Å². The van der Waals surface area contributed by atoms with Crippen LogP contribution < -0.4 is 9.47 Å². The highest BCUT2D eigenvalue weighted by molar-refractivity contribution is 6.15. The maximum atomic E-state index is 12.6. The number of hydrogen-bond donors (Lipinski definition) is 0. The number of fused-ring (bicyclic) bond motifs is 1. The van der Waals surface area contributed by atoms with Gasteiger partial charge in [-0.25, -0.2) is 4.79 Å². The first-order valence-electron chi connectivity index (χ1n) is 8.44. The van der Waals surface area contributed by atoms with Crippen molar-refractivity contribution in [3.63, 3.8) is 0 Å². The highest BCUT2D eigenvalue weighted by Crippen LogP contribution is 2.39. The maximum Gasteiger partial charge on any atom is 0.340 e. The third kappa shape index (κ3) is 2.99. The zero-order chi connectivity index (χ0) is 18.1. The molecule has 2 aliphatic heterocycles. The van der Waals surface area contributed by atoms with E-state index in [1.54, 1.807) is 49.7 Å². The molecule has 2 aromatic rings. The van der Waals surface area contributed by atoms with E-state index in [1.807, 2.05) is 0 Å². The van der Waals surface area contributed by atoms with E-state index in [9.17, 15) is 9.59 Å². The number of pyridine rings is 1. The number of hydrogen-bond acceptors (Lipinski definition) is 6. The Morgan fingerprint density at radius 2 is 2.08 bits per heavy atom. The van der Waals surface area contributed by atoms with E-state index in [-0.39, 0.29) is 11.5 Å². The van der Waals surface area contributed by atoms with Gasteiger partial charge in [-0.05, 0) is 55.7 Å². The highest BCUT2D eigenvalue weighted by Gasteiger charge is 2.32. The Morgan fingerprint density at radius 3 is 2.81 bits per heavy atom. The summed E-state index contributed by atoms with van der Waals surface area (Å²) in [6, 6.07) is 6.82. The molecule has 1 aromatic heterocycles. The molecule has 1 atom stereocenters. The van der Waals surface area contributed by atoms with E-state index in [2.05, 4.69) is 4.98 Å². The zero-order valence-electron chi connectivity index (χ0n) is 14.2. The lowest BCUT2D eigenvalue weighted by molar-refractivity contribution is -0.144. The first-order chi connectivity index (χ1) is 12.6. The molecular weight excluding hydrogens is 334 g/mol. The fourth-order valence-corrected chi connectivity index (χ4v) is 3.03. The Bertz CT molecular complexity index is 898. The summed E-state index contributed by atoms with van der Waals surface area (Å²) >= 11 is 0. The van der Waals surface area contributed by atoms with Gasteiger partial charge in [-0.15, -0.1) is 0 Å². The summed E-state index contributed by atoms with van der Waals surface area (Å²) in [6.07, 6.45) is 5.95. The topological polar surface area (TPSA) is 74.7 Å². The molecule has 1 unspecified atom stereocenters. The summed E-state index contributed by atoms with van der Waals surface area (Å²) in [5.74, 6) is 0.423. The minimum atomic E-state index is -0.521. The Kier molecular flexibility index (Phi) is 4.26. The Morgan fingerprint density at radius 1 is 1.27 bits per heavy atom. The quantitative estimate of drug-likeness (QED) is 0.481. The average molecular weight is 351 g/mol. The van der Waals surface area contributed by atoms with Crippen LogP contribution in [-0.4, -0.2) is 29.4 Å². The molecule has 3 heterocycles. The molecule has 26 heavy (non-hydrogen) atoms. The summed E-state index contributed by atoms with van der Waals surface area (Å²) in [6.45, 7) is 2.34. The molecule has 132 valence electrons. The number of carbonyl (C=O) groups is 2. The molecule has 1 saturated heterocycles. The zero-order valence-corrected chi connectivity index (χ0v) is 14.2. The van der Waals surface area contributed by atoms with Crippen LogP contribution in [-0.2, 0) is 9.53 Å². The average Bonchev–Trinajstić information content (AvgIpc) is 3.28. The number of esters is 1. The van der Waals surface area contributed by atoms with Crippen molar-refractivity contribution >= 4 is 17.8 Å². The van der Waals surface area contributed by atoms with Crippen LogP contribution in [0.15, 0.2) is 42.4 Å². The second-order valence-corrected chi connectivity index (χ2v) is 6.21. The van der Waals surface area contributed by atoms with E-state index in [0.29, 0.717) is 35.7 Å². The number of carbonyl (C=O) groups excluding carboxylic acids is 2. The second-order valence-electron chi connectivity index (χ2n) is 6.21. The molecule has 0 radical (unpaired) electrons. The standard InChI is InChI=1S/C20H17NO5/c1-12-15(26-20(23)16-3-2-10-24-16)5-4-14-18(22)17(25-19(12)14)11-13-6-8-21-9-7-13/h4-9,11,16H,2-3,10H2,1H3/b17-11-. The van der Waals surface area contributed by atoms with Crippen LogP contribution in [0, 0.1) is 6.92 Å². The molecule has 0 amide bonds. The van der Waals surface area contributed by atoms with Gasteiger partial charge >= 0.3 is 5.97 Å². The molecule has 0 N–H and O–H groups in total. The molecule has 0 spiro atoms. The molecule has 0 bridgehead atoms. The number of aromatic nitrogens is 1. The minimum Gasteiger partial charge on any atom is -0.452 e. The van der Waals surface area contributed by atoms with E-state index >= 15 is 0 Å². The summed E-state index contributed by atoms with van der Waals surface area (Å²) in [4.78, 5) is 28.7. The highest BCUT2D eigenvalue weighted by atomic mass is 16.6. The number of ketones is 1. The number of rotatable bonds is 3. The third-order valence-electron chi connectivity index (χ3n) is 4.44. The number of ether oxygens (including phenoxy) is 3. The van der Waals surface area contributed by atoms with Gasteiger partial charge in [0.1, 0.15) is 11.5 Å². The van der Waals surface area contributed by atoms with Gasteiger partial charge in [0.05, 0.1) is 5.56 Å². The van der Waals surface area contributed by atoms with E-state index in [1.165, 1.54) is 0 Å². The van der Waals surface area contributed by atoms with Crippen LogP contribution in [0.5, 0.6) is 11.5 Å². The van der Waals surface area contributed by atoms with Crippen molar-refractivity contribution in [1.29, 1.82) is 0 Å². The third-order valence-corrected chi connectivity index (χ3v) is 4.44. The van der Waals surface area contributed by atoms with Crippen LogP contribution >= 0.6 is 0 Å². The van der Waals surface area contributed by atoms with Crippen LogP contribution in [0.2, 0.25) is 0 Å². The summed E-state index contributed by atoms with van der Waals surface area (Å²) < 4.78 is 16.6. The Labute approximate surface area is 150 Å². The van der Waals surface area contributed by atoms with Gasteiger partial charge in [-0.2, -0.15) is 0 Å². The predicted molar refractivity (Wildman–Crippen MR) is 93.0 cm³/mol. The first kappa shape index (κ1) is 16.5. The predicted octanol–water partition coefficient (Wildman–Crippen LogP) is 3.09. The van der Waals surface area contributed by atoms with Crippen molar-refractivity contribution in [1.82, 2.24) is 4.98 Å². The molecular formula is C20H17NO5.